The van der Waals surface area contributed by atoms with Crippen LogP contribution in [0.3, 0.4) is 0 Å². The van der Waals surface area contributed by atoms with Crippen molar-refractivity contribution < 1.29 is 4.42 Å². The monoisotopic (exact) mass is 488 g/mol. The lowest BCUT2D eigenvalue weighted by atomic mass is 9.91. The van der Waals surface area contributed by atoms with Crippen molar-refractivity contribution in [2.45, 2.75) is 90.9 Å². The lowest BCUT2D eigenvalue weighted by molar-refractivity contribution is 0.0811. The number of hydrogen-bond acceptors (Lipinski definition) is 6. The number of nitrogens with zero attached hydrogens (tertiary/aromatic N) is 5. The second kappa shape index (κ2) is 10.8. The van der Waals surface area contributed by atoms with Gasteiger partial charge in [-0.05, 0) is 90.4 Å². The zero-order valence-electron chi connectivity index (χ0n) is 21.5. The van der Waals surface area contributed by atoms with E-state index in [0.29, 0.717) is 19.1 Å². The summed E-state index contributed by atoms with van der Waals surface area (Å²) < 4.78 is 7.43. The van der Waals surface area contributed by atoms with Crippen LogP contribution in [-0.2, 0) is 13.1 Å². The van der Waals surface area contributed by atoms with Crippen LogP contribution < -0.4 is 5.56 Å². The topological polar surface area (TPSA) is 92.8 Å². The van der Waals surface area contributed by atoms with E-state index in [0.717, 1.165) is 53.7 Å². The molecule has 0 aliphatic heterocycles. The molecular formula is C28H36N6O2. The molecule has 0 radical (unpaired) electrons. The highest BCUT2D eigenvalue weighted by atomic mass is 16.3. The van der Waals surface area contributed by atoms with E-state index in [4.69, 9.17) is 4.42 Å². The summed E-state index contributed by atoms with van der Waals surface area (Å²) in [6.45, 7) is 7.45. The van der Waals surface area contributed by atoms with Crippen molar-refractivity contribution in [3.05, 3.63) is 75.2 Å². The number of tetrazole rings is 1. The highest BCUT2D eigenvalue weighted by Gasteiger charge is 2.32. The first-order valence-electron chi connectivity index (χ1n) is 13.2. The molecule has 0 unspecified atom stereocenters. The van der Waals surface area contributed by atoms with Gasteiger partial charge in [-0.1, -0.05) is 32.6 Å². The minimum atomic E-state index is -0.0167. The largest absolute Gasteiger partial charge is 0.467 e. The van der Waals surface area contributed by atoms with E-state index in [-0.39, 0.29) is 11.6 Å². The third kappa shape index (κ3) is 5.14. The average Bonchev–Trinajstić information content (AvgIpc) is 3.56. The van der Waals surface area contributed by atoms with Gasteiger partial charge in [-0.15, -0.1) is 5.10 Å². The van der Waals surface area contributed by atoms with E-state index in [2.05, 4.69) is 64.4 Å². The van der Waals surface area contributed by atoms with Gasteiger partial charge in [-0.2, -0.15) is 0 Å². The molecule has 1 N–H and O–H groups in total. The van der Waals surface area contributed by atoms with Gasteiger partial charge in [-0.25, -0.2) is 4.68 Å². The molecule has 0 amide bonds. The molecule has 8 nitrogen and oxygen atoms in total. The van der Waals surface area contributed by atoms with Gasteiger partial charge < -0.3 is 9.40 Å². The fraction of sp³-hybridized carbons (Fsp3) is 0.500. The summed E-state index contributed by atoms with van der Waals surface area (Å²) in [6, 6.07) is 10.5. The van der Waals surface area contributed by atoms with Crippen molar-refractivity contribution in [2.75, 3.05) is 0 Å². The number of benzene rings is 1. The van der Waals surface area contributed by atoms with Crippen molar-refractivity contribution in [2.24, 2.45) is 0 Å². The molecule has 4 aromatic rings. The first kappa shape index (κ1) is 24.4. The Kier molecular flexibility index (Phi) is 7.32. The molecule has 3 aromatic heterocycles. The van der Waals surface area contributed by atoms with Crippen LogP contribution in [0.5, 0.6) is 0 Å². The maximum Gasteiger partial charge on any atom is 0.252 e. The van der Waals surface area contributed by atoms with Crippen molar-refractivity contribution in [1.29, 1.82) is 0 Å². The second-order valence-electron chi connectivity index (χ2n) is 10.2. The van der Waals surface area contributed by atoms with Crippen LogP contribution in [0.15, 0.2) is 45.8 Å². The normalized spacial score (nSPS) is 15.7. The van der Waals surface area contributed by atoms with Crippen LogP contribution in [0.2, 0.25) is 0 Å². The number of pyridine rings is 1. The van der Waals surface area contributed by atoms with E-state index in [1.807, 2.05) is 16.8 Å². The molecule has 0 spiro atoms. The second-order valence-corrected chi connectivity index (χ2v) is 10.2. The molecule has 0 bridgehead atoms. The Morgan fingerprint density at radius 1 is 1.17 bits per heavy atom. The highest BCUT2D eigenvalue weighted by Crippen LogP contribution is 2.34. The van der Waals surface area contributed by atoms with Gasteiger partial charge in [0.05, 0.1) is 12.3 Å². The number of aromatic nitrogens is 5. The molecule has 1 aliphatic rings. The van der Waals surface area contributed by atoms with E-state index in [9.17, 15) is 4.79 Å². The number of aromatic amines is 1. The molecule has 1 fully saturated rings. The van der Waals surface area contributed by atoms with E-state index in [1.54, 1.807) is 6.26 Å². The fourth-order valence-electron chi connectivity index (χ4n) is 5.57. The molecule has 1 atom stereocenters. The average molecular weight is 489 g/mol. The minimum absolute atomic E-state index is 0.0120. The van der Waals surface area contributed by atoms with Gasteiger partial charge in [-0.3, -0.25) is 9.69 Å². The van der Waals surface area contributed by atoms with Crippen LogP contribution in [0.4, 0.5) is 0 Å². The maximum atomic E-state index is 13.3. The lowest BCUT2D eigenvalue weighted by Crippen LogP contribution is -2.41. The van der Waals surface area contributed by atoms with Crippen LogP contribution in [0, 0.1) is 13.8 Å². The molecule has 1 aliphatic carbocycles. The van der Waals surface area contributed by atoms with Gasteiger partial charge in [0.2, 0.25) is 0 Å². The molecule has 5 rings (SSSR count). The maximum absolute atomic E-state index is 13.3. The molecule has 0 saturated heterocycles. The lowest BCUT2D eigenvalue weighted by Gasteiger charge is -2.39. The minimum Gasteiger partial charge on any atom is -0.467 e. The first-order chi connectivity index (χ1) is 17.5. The zero-order chi connectivity index (χ0) is 25.1. The van der Waals surface area contributed by atoms with Crippen molar-refractivity contribution in [3.63, 3.8) is 0 Å². The Morgan fingerprint density at radius 2 is 1.97 bits per heavy atom. The van der Waals surface area contributed by atoms with Crippen LogP contribution in [0.25, 0.3) is 10.9 Å². The Balaban J connectivity index is 1.53. The third-order valence-electron chi connectivity index (χ3n) is 7.64. The summed E-state index contributed by atoms with van der Waals surface area (Å²) in [5.41, 5.74) is 4.08. The van der Waals surface area contributed by atoms with E-state index >= 15 is 0 Å². The van der Waals surface area contributed by atoms with Gasteiger partial charge in [0.1, 0.15) is 12.3 Å². The fourth-order valence-corrected chi connectivity index (χ4v) is 5.57. The Hall–Kier alpha value is -3.26. The standard InChI is InChI=1S/C28H36N6O2/c1-4-9-26(27-30-31-32-34(27)18-24-12-8-13-36-24)33(23-10-6-5-7-11-23)17-22-16-21-14-19(2)20(3)15-25(21)29-28(22)35/h8,12-16,23,26H,4-7,9-11,17-18H2,1-3H3,(H,29,35)/t26-/m1/s1. The number of furan rings is 1. The number of nitrogens with one attached hydrogen (secondary N) is 1. The molecule has 1 saturated carbocycles. The van der Waals surface area contributed by atoms with Crippen LogP contribution >= 0.6 is 0 Å². The number of aryl methyl sites for hydroxylation is 2. The van der Waals surface area contributed by atoms with Crippen molar-refractivity contribution >= 4 is 10.9 Å². The van der Waals surface area contributed by atoms with E-state index < -0.39 is 0 Å². The third-order valence-corrected chi connectivity index (χ3v) is 7.64. The van der Waals surface area contributed by atoms with Crippen LogP contribution in [0.1, 0.15) is 86.2 Å². The summed E-state index contributed by atoms with van der Waals surface area (Å²) in [6.07, 6.45) is 9.54. The number of rotatable bonds is 9. The smallest absolute Gasteiger partial charge is 0.252 e. The van der Waals surface area contributed by atoms with E-state index in [1.165, 1.54) is 30.4 Å². The van der Waals surface area contributed by atoms with Gasteiger partial charge in [0.15, 0.2) is 5.82 Å². The van der Waals surface area contributed by atoms with Crippen LogP contribution in [-0.4, -0.2) is 36.1 Å². The first-order valence-corrected chi connectivity index (χ1v) is 13.2. The predicted octanol–water partition coefficient (Wildman–Crippen LogP) is 5.45. The summed E-state index contributed by atoms with van der Waals surface area (Å²) in [5, 5.41) is 13.9. The molecular weight excluding hydrogens is 452 g/mol. The highest BCUT2D eigenvalue weighted by molar-refractivity contribution is 5.80. The van der Waals surface area contributed by atoms with Gasteiger partial charge in [0, 0.05) is 23.7 Å². The summed E-state index contributed by atoms with van der Waals surface area (Å²) >= 11 is 0. The van der Waals surface area contributed by atoms with Gasteiger partial charge in [0.25, 0.3) is 5.56 Å². The number of hydrogen-bond donors (Lipinski definition) is 1. The quantitative estimate of drug-likeness (QED) is 0.337. The summed E-state index contributed by atoms with van der Waals surface area (Å²) in [5.74, 6) is 1.65. The molecule has 3 heterocycles. The van der Waals surface area contributed by atoms with Crippen molar-refractivity contribution in [3.8, 4) is 0 Å². The number of fused-ring (bicyclic) bond motifs is 1. The zero-order valence-corrected chi connectivity index (χ0v) is 21.5. The number of H-pyrrole nitrogens is 1. The van der Waals surface area contributed by atoms with Crippen molar-refractivity contribution in [1.82, 2.24) is 30.1 Å². The summed E-state index contributed by atoms with van der Waals surface area (Å²) in [4.78, 5) is 18.9. The SMILES string of the molecule is CCC[C@H](c1nnnn1Cc1ccco1)N(Cc1cc2cc(C)c(C)cc2[nH]c1=O)C1CCCCC1. The molecule has 8 heteroatoms. The molecule has 36 heavy (non-hydrogen) atoms. The summed E-state index contributed by atoms with van der Waals surface area (Å²) in [7, 11) is 0. The molecule has 190 valence electrons. The molecule has 1 aromatic carbocycles. The Morgan fingerprint density at radius 3 is 2.72 bits per heavy atom. The Labute approximate surface area is 211 Å². The predicted molar refractivity (Wildman–Crippen MR) is 140 cm³/mol. The Bertz CT molecular complexity index is 1350. The van der Waals surface area contributed by atoms with Gasteiger partial charge >= 0.3 is 0 Å².